The Morgan fingerprint density at radius 3 is 2.65 bits per heavy atom. The highest BCUT2D eigenvalue weighted by atomic mass is 32.1. The molecule has 2 amide bonds. The normalized spacial score (nSPS) is 11.8. The molecule has 1 heterocycles. The molecule has 3 nitrogen and oxygen atoms in total. The molecule has 1 aromatic carbocycles. The van der Waals surface area contributed by atoms with E-state index < -0.39 is 0 Å². The number of carbonyl (C=O) groups is 1. The maximum atomic E-state index is 12.0. The first-order valence-corrected chi connectivity index (χ1v) is 7.82. The summed E-state index contributed by atoms with van der Waals surface area (Å²) in [6.07, 6.45) is 2.08. The van der Waals surface area contributed by atoms with Gasteiger partial charge >= 0.3 is 6.03 Å². The van der Waals surface area contributed by atoms with Crippen LogP contribution >= 0.6 is 11.3 Å². The van der Waals surface area contributed by atoms with Gasteiger partial charge in [0.15, 0.2) is 0 Å². The van der Waals surface area contributed by atoms with Gasteiger partial charge in [-0.25, -0.2) is 4.79 Å². The number of rotatable bonds is 6. The summed E-state index contributed by atoms with van der Waals surface area (Å²) in [5.41, 5.74) is 1.10. The highest BCUT2D eigenvalue weighted by Crippen LogP contribution is 2.25. The van der Waals surface area contributed by atoms with Crippen molar-refractivity contribution in [1.29, 1.82) is 0 Å². The molecular weight excluding hydrogens is 268 g/mol. The van der Waals surface area contributed by atoms with Gasteiger partial charge in [0.25, 0.3) is 0 Å². The average Bonchev–Trinajstić information content (AvgIpc) is 3.00. The van der Waals surface area contributed by atoms with E-state index >= 15 is 0 Å². The van der Waals surface area contributed by atoms with Gasteiger partial charge in [0.1, 0.15) is 0 Å². The summed E-state index contributed by atoms with van der Waals surface area (Å²) in [7, 11) is 0. The molecule has 0 radical (unpaired) electrons. The van der Waals surface area contributed by atoms with Crippen molar-refractivity contribution in [2.45, 2.75) is 25.8 Å². The zero-order valence-electron chi connectivity index (χ0n) is 11.6. The van der Waals surface area contributed by atoms with Gasteiger partial charge in [-0.1, -0.05) is 49.7 Å². The van der Waals surface area contributed by atoms with E-state index in [1.807, 2.05) is 41.8 Å². The highest BCUT2D eigenvalue weighted by Gasteiger charge is 2.17. The quantitative estimate of drug-likeness (QED) is 0.777. The molecule has 0 fully saturated rings. The van der Waals surface area contributed by atoms with Gasteiger partial charge in [0.05, 0.1) is 6.04 Å². The van der Waals surface area contributed by atoms with Gasteiger partial charge in [0.2, 0.25) is 0 Å². The second-order valence-corrected chi connectivity index (χ2v) is 5.59. The molecule has 0 aliphatic rings. The Kier molecular flexibility index (Phi) is 5.62. The van der Waals surface area contributed by atoms with Crippen LogP contribution in [0, 0.1) is 0 Å². The SMILES string of the molecule is CCCCNC(=O)N[C@@H](c1ccccc1)c1cccs1. The number of nitrogens with one attached hydrogen (secondary N) is 2. The van der Waals surface area contributed by atoms with E-state index in [9.17, 15) is 4.79 Å². The van der Waals surface area contributed by atoms with Crippen LogP contribution in [0.15, 0.2) is 47.8 Å². The molecule has 1 atom stereocenters. The molecule has 2 rings (SSSR count). The molecule has 2 aromatic rings. The lowest BCUT2D eigenvalue weighted by molar-refractivity contribution is 0.238. The van der Waals surface area contributed by atoms with Crippen molar-refractivity contribution >= 4 is 17.4 Å². The fraction of sp³-hybridized carbons (Fsp3) is 0.312. The van der Waals surface area contributed by atoms with Crippen LogP contribution in [0.1, 0.15) is 36.2 Å². The largest absolute Gasteiger partial charge is 0.338 e. The minimum atomic E-state index is -0.110. The first-order valence-electron chi connectivity index (χ1n) is 6.94. The summed E-state index contributed by atoms with van der Waals surface area (Å²) >= 11 is 1.65. The fourth-order valence-corrected chi connectivity index (χ4v) is 2.78. The standard InChI is InChI=1S/C16H20N2OS/c1-2-3-11-17-16(19)18-15(14-10-7-12-20-14)13-8-5-4-6-9-13/h4-10,12,15H,2-3,11H2,1H3,(H2,17,18,19)/t15-/m0/s1. The van der Waals surface area contributed by atoms with Crippen molar-refractivity contribution in [1.82, 2.24) is 10.6 Å². The number of hydrogen-bond donors (Lipinski definition) is 2. The zero-order chi connectivity index (χ0) is 14.2. The lowest BCUT2D eigenvalue weighted by atomic mass is 10.1. The van der Waals surface area contributed by atoms with Crippen LogP contribution in [-0.4, -0.2) is 12.6 Å². The molecule has 0 aliphatic carbocycles. The third-order valence-corrected chi connectivity index (χ3v) is 3.99. The molecular formula is C16H20N2OS. The molecule has 0 aliphatic heterocycles. The Bertz CT molecular complexity index is 511. The smallest absolute Gasteiger partial charge is 0.315 e. The van der Waals surface area contributed by atoms with Crippen LogP contribution in [0.4, 0.5) is 4.79 Å². The fourth-order valence-electron chi connectivity index (χ4n) is 1.98. The maximum Gasteiger partial charge on any atom is 0.315 e. The highest BCUT2D eigenvalue weighted by molar-refractivity contribution is 7.10. The molecule has 0 unspecified atom stereocenters. The number of urea groups is 1. The van der Waals surface area contributed by atoms with E-state index in [0.29, 0.717) is 6.54 Å². The van der Waals surface area contributed by atoms with Gasteiger partial charge in [-0.05, 0) is 23.4 Å². The van der Waals surface area contributed by atoms with Crippen molar-refractivity contribution in [3.05, 3.63) is 58.3 Å². The van der Waals surface area contributed by atoms with Crippen LogP contribution in [0.25, 0.3) is 0 Å². The molecule has 4 heteroatoms. The number of thiophene rings is 1. The van der Waals surface area contributed by atoms with Crippen molar-refractivity contribution in [3.8, 4) is 0 Å². The summed E-state index contributed by atoms with van der Waals surface area (Å²) in [6.45, 7) is 2.83. The van der Waals surface area contributed by atoms with Crippen LogP contribution in [0.5, 0.6) is 0 Å². The molecule has 0 saturated carbocycles. The number of amides is 2. The Balaban J connectivity index is 2.06. The van der Waals surface area contributed by atoms with Crippen molar-refractivity contribution in [3.63, 3.8) is 0 Å². The number of carbonyl (C=O) groups excluding carboxylic acids is 1. The molecule has 0 saturated heterocycles. The third-order valence-electron chi connectivity index (χ3n) is 3.05. The second kappa shape index (κ2) is 7.70. The number of hydrogen-bond acceptors (Lipinski definition) is 2. The molecule has 106 valence electrons. The predicted octanol–water partition coefficient (Wildman–Crippen LogP) is 3.94. The topological polar surface area (TPSA) is 41.1 Å². The molecule has 2 N–H and O–H groups in total. The maximum absolute atomic E-state index is 12.0. The lowest BCUT2D eigenvalue weighted by Gasteiger charge is -2.18. The molecule has 20 heavy (non-hydrogen) atoms. The van der Waals surface area contributed by atoms with Gasteiger partial charge in [-0.15, -0.1) is 11.3 Å². The van der Waals surface area contributed by atoms with Crippen molar-refractivity contribution in [2.24, 2.45) is 0 Å². The minimum Gasteiger partial charge on any atom is -0.338 e. The van der Waals surface area contributed by atoms with E-state index in [2.05, 4.69) is 23.6 Å². The van der Waals surface area contributed by atoms with Crippen LogP contribution in [0.2, 0.25) is 0 Å². The first kappa shape index (κ1) is 14.6. The summed E-state index contributed by atoms with van der Waals surface area (Å²) in [5.74, 6) is 0. The van der Waals surface area contributed by atoms with E-state index in [1.54, 1.807) is 11.3 Å². The van der Waals surface area contributed by atoms with E-state index in [-0.39, 0.29) is 12.1 Å². The molecule has 1 aromatic heterocycles. The van der Waals surface area contributed by atoms with E-state index in [1.165, 1.54) is 0 Å². The number of unbranched alkanes of at least 4 members (excludes halogenated alkanes) is 1. The van der Waals surface area contributed by atoms with Gasteiger partial charge < -0.3 is 10.6 Å². The van der Waals surface area contributed by atoms with Crippen LogP contribution < -0.4 is 10.6 Å². The predicted molar refractivity (Wildman–Crippen MR) is 84.0 cm³/mol. The molecule has 0 spiro atoms. The summed E-state index contributed by atoms with van der Waals surface area (Å²) < 4.78 is 0. The van der Waals surface area contributed by atoms with E-state index in [0.717, 1.165) is 23.3 Å². The summed E-state index contributed by atoms with van der Waals surface area (Å²) in [6, 6.07) is 13.9. The molecule has 0 bridgehead atoms. The monoisotopic (exact) mass is 288 g/mol. The zero-order valence-corrected chi connectivity index (χ0v) is 12.5. The van der Waals surface area contributed by atoms with Crippen molar-refractivity contribution in [2.75, 3.05) is 6.54 Å². The van der Waals surface area contributed by atoms with E-state index in [4.69, 9.17) is 0 Å². The third kappa shape index (κ3) is 4.10. The first-order chi connectivity index (χ1) is 9.81. The Hall–Kier alpha value is -1.81. The lowest BCUT2D eigenvalue weighted by Crippen LogP contribution is -2.38. The number of benzene rings is 1. The summed E-state index contributed by atoms with van der Waals surface area (Å²) in [5, 5.41) is 7.99. The second-order valence-electron chi connectivity index (χ2n) is 4.61. The van der Waals surface area contributed by atoms with Crippen LogP contribution in [-0.2, 0) is 0 Å². The van der Waals surface area contributed by atoms with Crippen molar-refractivity contribution < 1.29 is 4.79 Å². The van der Waals surface area contributed by atoms with Gasteiger partial charge in [-0.2, -0.15) is 0 Å². The minimum absolute atomic E-state index is 0.0853. The Morgan fingerprint density at radius 2 is 2.00 bits per heavy atom. The Morgan fingerprint density at radius 1 is 1.20 bits per heavy atom. The summed E-state index contributed by atoms with van der Waals surface area (Å²) in [4.78, 5) is 13.1. The Labute approximate surface area is 124 Å². The van der Waals surface area contributed by atoms with Gasteiger partial charge in [-0.3, -0.25) is 0 Å². The van der Waals surface area contributed by atoms with Crippen LogP contribution in [0.3, 0.4) is 0 Å². The van der Waals surface area contributed by atoms with Gasteiger partial charge in [0, 0.05) is 11.4 Å². The average molecular weight is 288 g/mol.